The predicted molar refractivity (Wildman–Crippen MR) is 86.1 cm³/mol. The van der Waals surface area contributed by atoms with Crippen LogP contribution in [0.1, 0.15) is 34.4 Å². The number of carbonyl (C=O) groups excluding carboxylic acids is 1. The van der Waals surface area contributed by atoms with E-state index in [1.165, 1.54) is 17.0 Å². The highest BCUT2D eigenvalue weighted by atomic mass is 19.1. The fraction of sp³-hybridized carbons (Fsp3) is 0.333. The molecule has 1 aromatic heterocycles. The lowest BCUT2D eigenvalue weighted by molar-refractivity contribution is -0.134. The van der Waals surface area contributed by atoms with Crippen molar-refractivity contribution >= 4 is 11.9 Å². The van der Waals surface area contributed by atoms with Crippen LogP contribution in [0.3, 0.4) is 0 Å². The van der Waals surface area contributed by atoms with E-state index in [2.05, 4.69) is 0 Å². The normalized spacial score (nSPS) is 12.0. The van der Waals surface area contributed by atoms with Crippen molar-refractivity contribution in [3.05, 3.63) is 58.8 Å². The molecular formula is C18H20FNO4. The number of rotatable bonds is 6. The summed E-state index contributed by atoms with van der Waals surface area (Å²) >= 11 is 0. The van der Waals surface area contributed by atoms with Gasteiger partial charge in [-0.25, -0.2) is 9.18 Å². The number of carbonyl (C=O) groups is 2. The van der Waals surface area contributed by atoms with Gasteiger partial charge in [-0.15, -0.1) is 0 Å². The van der Waals surface area contributed by atoms with E-state index in [1.54, 1.807) is 39.1 Å². The molecule has 0 aliphatic carbocycles. The molecule has 0 spiro atoms. The Morgan fingerprint density at radius 2 is 2.00 bits per heavy atom. The summed E-state index contributed by atoms with van der Waals surface area (Å²) in [5.41, 5.74) is 0.582. The molecule has 1 heterocycles. The topological polar surface area (TPSA) is 70.8 Å². The molecule has 2 rings (SSSR count). The zero-order valence-electron chi connectivity index (χ0n) is 13.9. The van der Waals surface area contributed by atoms with Crippen LogP contribution in [0.15, 0.2) is 34.7 Å². The van der Waals surface area contributed by atoms with Crippen molar-refractivity contribution in [2.75, 3.05) is 7.05 Å². The molecule has 1 aromatic carbocycles. The van der Waals surface area contributed by atoms with Crippen molar-refractivity contribution in [3.63, 3.8) is 0 Å². The minimum absolute atomic E-state index is 0.0882. The second-order valence-corrected chi connectivity index (χ2v) is 5.88. The van der Waals surface area contributed by atoms with Gasteiger partial charge in [0.25, 0.3) is 0 Å². The third-order valence-corrected chi connectivity index (χ3v) is 3.87. The lowest BCUT2D eigenvalue weighted by atomic mass is 9.99. The van der Waals surface area contributed by atoms with Crippen LogP contribution in [0.5, 0.6) is 0 Å². The van der Waals surface area contributed by atoms with Gasteiger partial charge in [0, 0.05) is 13.0 Å². The molecule has 128 valence electrons. The van der Waals surface area contributed by atoms with Gasteiger partial charge in [-0.2, -0.15) is 0 Å². The number of aromatic carboxylic acids is 1. The average Bonchev–Trinajstić information content (AvgIpc) is 2.89. The standard InChI is InChI=1S/C18H20FNO4/c1-11(8-13-6-4-5-7-16(13)19)17(21)20(3)10-14-9-15(18(22)23)12(2)24-14/h4-7,9,11H,8,10H2,1-3H3,(H,22,23). The molecule has 0 saturated carbocycles. The van der Waals surface area contributed by atoms with Crippen LogP contribution in [-0.4, -0.2) is 28.9 Å². The Labute approximate surface area is 139 Å². The number of furan rings is 1. The van der Waals surface area contributed by atoms with Crippen LogP contribution in [0.4, 0.5) is 4.39 Å². The lowest BCUT2D eigenvalue weighted by Crippen LogP contribution is -2.32. The summed E-state index contributed by atoms with van der Waals surface area (Å²) in [5.74, 6) is -1.25. The van der Waals surface area contributed by atoms with Gasteiger partial charge >= 0.3 is 5.97 Å². The molecule has 0 fully saturated rings. The Bertz CT molecular complexity index is 753. The summed E-state index contributed by atoms with van der Waals surface area (Å²) in [6.07, 6.45) is 0.299. The monoisotopic (exact) mass is 333 g/mol. The molecule has 0 aliphatic heterocycles. The van der Waals surface area contributed by atoms with Crippen LogP contribution >= 0.6 is 0 Å². The van der Waals surface area contributed by atoms with E-state index in [9.17, 15) is 14.0 Å². The second-order valence-electron chi connectivity index (χ2n) is 5.88. The Hall–Kier alpha value is -2.63. The van der Waals surface area contributed by atoms with E-state index in [4.69, 9.17) is 9.52 Å². The third kappa shape index (κ3) is 4.01. The summed E-state index contributed by atoms with van der Waals surface area (Å²) in [5, 5.41) is 9.02. The van der Waals surface area contributed by atoms with Gasteiger partial charge in [-0.3, -0.25) is 4.79 Å². The van der Waals surface area contributed by atoms with E-state index >= 15 is 0 Å². The predicted octanol–water partition coefficient (Wildman–Crippen LogP) is 3.26. The highest BCUT2D eigenvalue weighted by molar-refractivity contribution is 5.88. The van der Waals surface area contributed by atoms with Crippen molar-refractivity contribution in [1.29, 1.82) is 0 Å². The van der Waals surface area contributed by atoms with Gasteiger partial charge < -0.3 is 14.4 Å². The van der Waals surface area contributed by atoms with Crippen LogP contribution < -0.4 is 0 Å². The van der Waals surface area contributed by atoms with Crippen molar-refractivity contribution in [2.24, 2.45) is 5.92 Å². The largest absolute Gasteiger partial charge is 0.478 e. The van der Waals surface area contributed by atoms with Crippen LogP contribution in [0.25, 0.3) is 0 Å². The molecule has 1 N–H and O–H groups in total. The zero-order chi connectivity index (χ0) is 17.9. The highest BCUT2D eigenvalue weighted by Crippen LogP contribution is 2.18. The summed E-state index contributed by atoms with van der Waals surface area (Å²) in [7, 11) is 1.61. The molecule has 24 heavy (non-hydrogen) atoms. The smallest absolute Gasteiger partial charge is 0.339 e. The second kappa shape index (κ2) is 7.29. The number of halogens is 1. The molecule has 0 bridgehead atoms. The molecule has 0 saturated heterocycles. The lowest BCUT2D eigenvalue weighted by Gasteiger charge is -2.20. The van der Waals surface area contributed by atoms with Gasteiger partial charge in [0.05, 0.1) is 6.54 Å². The number of nitrogens with zero attached hydrogens (tertiary/aromatic N) is 1. The number of hydrogen-bond donors (Lipinski definition) is 1. The van der Waals surface area contributed by atoms with Crippen molar-refractivity contribution in [2.45, 2.75) is 26.8 Å². The number of carboxylic acids is 1. The first kappa shape index (κ1) is 17.7. The van der Waals surface area contributed by atoms with Crippen LogP contribution in [0.2, 0.25) is 0 Å². The third-order valence-electron chi connectivity index (χ3n) is 3.87. The summed E-state index contributed by atoms with van der Waals surface area (Å²) in [6.45, 7) is 3.46. The molecule has 6 heteroatoms. The van der Waals surface area contributed by atoms with Gasteiger partial charge in [0.2, 0.25) is 5.91 Å². The Morgan fingerprint density at radius 3 is 2.58 bits per heavy atom. The zero-order valence-corrected chi connectivity index (χ0v) is 13.9. The Kier molecular flexibility index (Phi) is 5.39. The van der Waals surface area contributed by atoms with Gasteiger partial charge in [-0.1, -0.05) is 25.1 Å². The summed E-state index contributed by atoms with van der Waals surface area (Å²) < 4.78 is 19.1. The molecule has 0 radical (unpaired) electrons. The van der Waals surface area contributed by atoms with E-state index in [0.717, 1.165) is 0 Å². The van der Waals surface area contributed by atoms with E-state index in [1.807, 2.05) is 0 Å². The maximum absolute atomic E-state index is 13.7. The molecule has 0 aliphatic rings. The molecule has 1 atom stereocenters. The van der Waals surface area contributed by atoms with E-state index in [0.29, 0.717) is 23.5 Å². The number of carboxylic acid groups (broad SMARTS) is 1. The SMILES string of the molecule is Cc1oc(CN(C)C(=O)C(C)Cc2ccccc2F)cc1C(=O)O. The van der Waals surface area contributed by atoms with Crippen molar-refractivity contribution in [1.82, 2.24) is 4.90 Å². The van der Waals surface area contributed by atoms with Crippen molar-refractivity contribution in [3.8, 4) is 0 Å². The molecule has 1 unspecified atom stereocenters. The first-order valence-electron chi connectivity index (χ1n) is 7.60. The maximum Gasteiger partial charge on any atom is 0.339 e. The van der Waals surface area contributed by atoms with Crippen molar-refractivity contribution < 1.29 is 23.5 Å². The first-order valence-corrected chi connectivity index (χ1v) is 7.60. The Balaban J connectivity index is 2.02. The molecule has 2 aromatic rings. The number of aryl methyl sites for hydroxylation is 1. The minimum Gasteiger partial charge on any atom is -0.478 e. The van der Waals surface area contributed by atoms with Gasteiger partial charge in [0.15, 0.2) is 0 Å². The number of benzene rings is 1. The average molecular weight is 333 g/mol. The minimum atomic E-state index is -1.07. The van der Waals surface area contributed by atoms with Gasteiger partial charge in [-0.05, 0) is 31.0 Å². The maximum atomic E-state index is 13.7. The van der Waals surface area contributed by atoms with E-state index in [-0.39, 0.29) is 23.8 Å². The van der Waals surface area contributed by atoms with Crippen LogP contribution in [0, 0.1) is 18.7 Å². The molecular weight excluding hydrogens is 313 g/mol. The summed E-state index contributed by atoms with van der Waals surface area (Å²) in [6, 6.07) is 7.79. The fourth-order valence-corrected chi connectivity index (χ4v) is 2.60. The van der Waals surface area contributed by atoms with E-state index < -0.39 is 11.9 Å². The Morgan fingerprint density at radius 1 is 1.33 bits per heavy atom. The number of hydrogen-bond acceptors (Lipinski definition) is 3. The number of amides is 1. The first-order chi connectivity index (χ1) is 11.3. The fourth-order valence-electron chi connectivity index (χ4n) is 2.60. The summed E-state index contributed by atoms with van der Waals surface area (Å²) in [4.78, 5) is 24.9. The molecule has 5 nitrogen and oxygen atoms in total. The van der Waals surface area contributed by atoms with Gasteiger partial charge in [0.1, 0.15) is 22.9 Å². The highest BCUT2D eigenvalue weighted by Gasteiger charge is 2.21. The molecule has 1 amide bonds. The van der Waals surface area contributed by atoms with Crippen LogP contribution in [-0.2, 0) is 17.8 Å². The quantitative estimate of drug-likeness (QED) is 0.881.